The molecular formula is C13H19FN2O2. The Hall–Kier alpha value is -1.62. The molecule has 0 atom stereocenters. The fraction of sp³-hybridized carbons (Fsp3) is 0.462. The van der Waals surface area contributed by atoms with E-state index >= 15 is 0 Å². The summed E-state index contributed by atoms with van der Waals surface area (Å²) >= 11 is 0. The van der Waals surface area contributed by atoms with Crippen LogP contribution in [0.5, 0.6) is 0 Å². The van der Waals surface area contributed by atoms with E-state index in [9.17, 15) is 14.3 Å². The summed E-state index contributed by atoms with van der Waals surface area (Å²) in [5, 5.41) is 9.24. The summed E-state index contributed by atoms with van der Waals surface area (Å²) in [4.78, 5) is 12.8. The third kappa shape index (κ3) is 4.00. The molecule has 0 unspecified atom stereocenters. The number of aliphatic hydroxyl groups is 1. The number of halogens is 1. The lowest BCUT2D eigenvalue weighted by Crippen LogP contribution is -2.35. The fourth-order valence-electron chi connectivity index (χ4n) is 1.81. The van der Waals surface area contributed by atoms with Crippen LogP contribution in [-0.2, 0) is 11.4 Å². The number of amides is 1. The topological polar surface area (TPSA) is 66.6 Å². The summed E-state index contributed by atoms with van der Waals surface area (Å²) in [6.07, 6.45) is 1.88. The van der Waals surface area contributed by atoms with Crippen molar-refractivity contribution in [1.29, 1.82) is 0 Å². The van der Waals surface area contributed by atoms with Gasteiger partial charge in [0.1, 0.15) is 5.82 Å². The second kappa shape index (κ2) is 6.96. The summed E-state index contributed by atoms with van der Waals surface area (Å²) in [6.45, 7) is 2.49. The fourth-order valence-corrected chi connectivity index (χ4v) is 1.81. The maximum absolute atomic E-state index is 13.1. The minimum Gasteiger partial charge on any atom is -0.392 e. The van der Waals surface area contributed by atoms with E-state index in [0.29, 0.717) is 17.8 Å². The first kappa shape index (κ1) is 14.4. The molecule has 4 nitrogen and oxygen atoms in total. The van der Waals surface area contributed by atoms with Crippen LogP contribution < -0.4 is 10.6 Å². The molecule has 1 rings (SSSR count). The van der Waals surface area contributed by atoms with Gasteiger partial charge in [-0.3, -0.25) is 4.79 Å². The van der Waals surface area contributed by atoms with Crippen LogP contribution in [0.2, 0.25) is 0 Å². The van der Waals surface area contributed by atoms with E-state index in [0.717, 1.165) is 12.8 Å². The predicted octanol–water partition coefficient (Wildman–Crippen LogP) is 1.41. The molecular weight excluding hydrogens is 235 g/mol. The predicted molar refractivity (Wildman–Crippen MR) is 68.6 cm³/mol. The third-order valence-electron chi connectivity index (χ3n) is 2.68. The zero-order valence-corrected chi connectivity index (χ0v) is 10.5. The van der Waals surface area contributed by atoms with Crippen molar-refractivity contribution in [2.24, 2.45) is 5.73 Å². The van der Waals surface area contributed by atoms with Gasteiger partial charge in [-0.2, -0.15) is 0 Å². The lowest BCUT2D eigenvalue weighted by molar-refractivity contribution is -0.116. The number of nitrogens with two attached hydrogens (primary N) is 1. The first-order chi connectivity index (χ1) is 8.58. The van der Waals surface area contributed by atoms with Crippen molar-refractivity contribution >= 4 is 11.6 Å². The average Bonchev–Trinajstić information content (AvgIpc) is 2.34. The van der Waals surface area contributed by atoms with Crippen LogP contribution in [0, 0.1) is 5.82 Å². The number of anilines is 1. The van der Waals surface area contributed by atoms with Crippen molar-refractivity contribution < 1.29 is 14.3 Å². The zero-order chi connectivity index (χ0) is 13.5. The molecule has 3 N–H and O–H groups in total. The SMILES string of the molecule is CCCCN(CC(N)=O)c1ccc(F)cc1CO. The van der Waals surface area contributed by atoms with Crippen molar-refractivity contribution in [1.82, 2.24) is 0 Å². The van der Waals surface area contributed by atoms with Gasteiger partial charge in [0.15, 0.2) is 0 Å². The molecule has 1 amide bonds. The second-order valence-electron chi connectivity index (χ2n) is 4.17. The number of carbonyl (C=O) groups is 1. The van der Waals surface area contributed by atoms with E-state index in [4.69, 9.17) is 5.73 Å². The summed E-state index contributed by atoms with van der Waals surface area (Å²) in [5.74, 6) is -0.850. The van der Waals surface area contributed by atoms with Gasteiger partial charge in [-0.15, -0.1) is 0 Å². The highest BCUT2D eigenvalue weighted by molar-refractivity contribution is 5.80. The molecule has 0 radical (unpaired) electrons. The van der Waals surface area contributed by atoms with Crippen molar-refractivity contribution in [3.8, 4) is 0 Å². The number of primary amides is 1. The van der Waals surface area contributed by atoms with E-state index in [1.54, 1.807) is 11.0 Å². The quantitative estimate of drug-likeness (QED) is 0.773. The smallest absolute Gasteiger partial charge is 0.236 e. The Bertz CT molecular complexity index is 410. The average molecular weight is 254 g/mol. The van der Waals surface area contributed by atoms with E-state index in [2.05, 4.69) is 0 Å². The van der Waals surface area contributed by atoms with Crippen molar-refractivity contribution in [3.05, 3.63) is 29.6 Å². The van der Waals surface area contributed by atoms with Gasteiger partial charge in [0.25, 0.3) is 0 Å². The van der Waals surface area contributed by atoms with Crippen molar-refractivity contribution in [3.63, 3.8) is 0 Å². The second-order valence-corrected chi connectivity index (χ2v) is 4.17. The molecule has 0 fully saturated rings. The van der Waals surface area contributed by atoms with Crippen molar-refractivity contribution in [2.45, 2.75) is 26.4 Å². The number of hydrogen-bond acceptors (Lipinski definition) is 3. The van der Waals surface area contributed by atoms with Gasteiger partial charge in [-0.25, -0.2) is 4.39 Å². The molecule has 0 aromatic heterocycles. The molecule has 18 heavy (non-hydrogen) atoms. The summed E-state index contributed by atoms with van der Waals surface area (Å²) in [6, 6.07) is 4.16. The molecule has 5 heteroatoms. The normalized spacial score (nSPS) is 10.4. The highest BCUT2D eigenvalue weighted by Gasteiger charge is 2.13. The minimum absolute atomic E-state index is 0.0681. The van der Waals surface area contributed by atoms with E-state index in [1.807, 2.05) is 6.92 Å². The van der Waals surface area contributed by atoms with Gasteiger partial charge in [-0.05, 0) is 24.6 Å². The highest BCUT2D eigenvalue weighted by atomic mass is 19.1. The standard InChI is InChI=1S/C13H19FN2O2/c1-2-3-6-16(8-13(15)18)12-5-4-11(14)7-10(12)9-17/h4-5,7,17H,2-3,6,8-9H2,1H3,(H2,15,18). The van der Waals surface area contributed by atoms with Gasteiger partial charge in [-0.1, -0.05) is 13.3 Å². The number of unbranched alkanes of at least 4 members (excludes halogenated alkanes) is 1. The molecule has 0 aliphatic carbocycles. The molecule has 0 bridgehead atoms. The molecule has 100 valence electrons. The van der Waals surface area contributed by atoms with Gasteiger partial charge in [0.05, 0.1) is 13.2 Å². The number of hydrogen-bond donors (Lipinski definition) is 2. The Balaban J connectivity index is 2.98. The molecule has 0 aliphatic rings. The first-order valence-electron chi connectivity index (χ1n) is 6.01. The Morgan fingerprint density at radius 3 is 2.78 bits per heavy atom. The molecule has 1 aromatic rings. The number of benzene rings is 1. The molecule has 0 spiro atoms. The monoisotopic (exact) mass is 254 g/mol. The summed E-state index contributed by atoms with van der Waals surface area (Å²) in [5.41, 5.74) is 6.33. The highest BCUT2D eigenvalue weighted by Crippen LogP contribution is 2.22. The van der Waals surface area contributed by atoms with Gasteiger partial charge >= 0.3 is 0 Å². The lowest BCUT2D eigenvalue weighted by atomic mass is 10.1. The Morgan fingerprint density at radius 1 is 1.50 bits per heavy atom. The molecule has 0 aliphatic heterocycles. The van der Waals surface area contributed by atoms with Gasteiger partial charge < -0.3 is 15.7 Å². The van der Waals surface area contributed by atoms with Crippen LogP contribution in [0.1, 0.15) is 25.3 Å². The Morgan fingerprint density at radius 2 is 2.22 bits per heavy atom. The summed E-state index contributed by atoms with van der Waals surface area (Å²) in [7, 11) is 0. The maximum Gasteiger partial charge on any atom is 0.236 e. The summed E-state index contributed by atoms with van der Waals surface area (Å²) < 4.78 is 13.1. The number of nitrogens with zero attached hydrogens (tertiary/aromatic N) is 1. The molecule has 0 heterocycles. The van der Waals surface area contributed by atoms with Crippen LogP contribution in [0.4, 0.5) is 10.1 Å². The third-order valence-corrected chi connectivity index (χ3v) is 2.68. The first-order valence-corrected chi connectivity index (χ1v) is 6.01. The van der Waals surface area contributed by atoms with E-state index in [1.165, 1.54) is 12.1 Å². The molecule has 0 saturated heterocycles. The number of rotatable bonds is 7. The molecule has 0 saturated carbocycles. The van der Waals surface area contributed by atoms with Crippen LogP contribution in [0.3, 0.4) is 0 Å². The Labute approximate surface area is 106 Å². The van der Waals surface area contributed by atoms with Crippen LogP contribution >= 0.6 is 0 Å². The number of aliphatic hydroxyl groups excluding tert-OH is 1. The maximum atomic E-state index is 13.1. The molecule has 1 aromatic carbocycles. The van der Waals surface area contributed by atoms with E-state index in [-0.39, 0.29) is 13.2 Å². The van der Waals surface area contributed by atoms with E-state index < -0.39 is 11.7 Å². The van der Waals surface area contributed by atoms with Crippen LogP contribution in [-0.4, -0.2) is 24.1 Å². The van der Waals surface area contributed by atoms with Gasteiger partial charge in [0, 0.05) is 17.8 Å². The largest absolute Gasteiger partial charge is 0.392 e. The lowest BCUT2D eigenvalue weighted by Gasteiger charge is -2.25. The van der Waals surface area contributed by atoms with Crippen LogP contribution in [0.15, 0.2) is 18.2 Å². The number of carbonyl (C=O) groups excluding carboxylic acids is 1. The van der Waals surface area contributed by atoms with Crippen LogP contribution in [0.25, 0.3) is 0 Å². The van der Waals surface area contributed by atoms with Crippen molar-refractivity contribution in [2.75, 3.05) is 18.0 Å². The minimum atomic E-state index is -0.445. The Kier molecular flexibility index (Phi) is 5.58. The zero-order valence-electron chi connectivity index (χ0n) is 10.5. The van der Waals surface area contributed by atoms with Gasteiger partial charge in [0.2, 0.25) is 5.91 Å².